The van der Waals surface area contributed by atoms with Gasteiger partial charge in [-0.25, -0.2) is 0 Å². The quantitative estimate of drug-likeness (QED) is 0.359. The van der Waals surface area contributed by atoms with Crippen LogP contribution in [0.25, 0.3) is 21.9 Å². The van der Waals surface area contributed by atoms with E-state index in [1.54, 1.807) is 0 Å². The van der Waals surface area contributed by atoms with Gasteiger partial charge in [0.1, 0.15) is 11.2 Å². The van der Waals surface area contributed by atoms with Crippen LogP contribution in [0.4, 0.5) is 0 Å². The molecule has 0 amide bonds. The molecule has 1 N–H and O–H groups in total. The molecule has 3 heteroatoms. The standard InChI is InChI=1S/C35H40N2O/c1-22-15-18-31(26-12-8-7-11-23(26)2)37(21-22)35(5,6)29-17-16-28-27-13-9-10-14-32(27)38-34(28)33(29)30-19-24(3)25(4)20-36-30/h7,9-11,13-20,23,26,30,36H,8,12,21H2,1-6H3. The Morgan fingerprint density at radius 2 is 1.79 bits per heavy atom. The molecule has 0 spiro atoms. The maximum atomic E-state index is 6.66. The smallest absolute Gasteiger partial charge is 0.141 e. The van der Waals surface area contributed by atoms with Crippen molar-refractivity contribution < 1.29 is 4.42 Å². The molecule has 1 aliphatic carbocycles. The minimum atomic E-state index is -0.246. The van der Waals surface area contributed by atoms with Crippen molar-refractivity contribution >= 4 is 21.9 Å². The molecular formula is C35H40N2O. The predicted molar refractivity (Wildman–Crippen MR) is 160 cm³/mol. The molecule has 3 atom stereocenters. The van der Waals surface area contributed by atoms with Gasteiger partial charge in [-0.2, -0.15) is 0 Å². The van der Waals surface area contributed by atoms with Gasteiger partial charge < -0.3 is 14.6 Å². The third-order valence-electron chi connectivity index (χ3n) is 9.10. The van der Waals surface area contributed by atoms with Crippen molar-refractivity contribution in [3.8, 4) is 0 Å². The molecule has 2 aliphatic heterocycles. The number of nitrogens with zero attached hydrogens (tertiary/aromatic N) is 1. The van der Waals surface area contributed by atoms with Crippen LogP contribution in [0.15, 0.2) is 99.8 Å². The van der Waals surface area contributed by atoms with Crippen LogP contribution < -0.4 is 5.32 Å². The van der Waals surface area contributed by atoms with Crippen LogP contribution in [0.5, 0.6) is 0 Å². The summed E-state index contributed by atoms with van der Waals surface area (Å²) in [5, 5.41) is 6.07. The van der Waals surface area contributed by atoms with E-state index in [4.69, 9.17) is 4.42 Å². The first-order valence-electron chi connectivity index (χ1n) is 14.1. The van der Waals surface area contributed by atoms with Crippen molar-refractivity contribution in [2.24, 2.45) is 11.8 Å². The Hall–Kier alpha value is -3.46. The first-order chi connectivity index (χ1) is 18.3. The van der Waals surface area contributed by atoms with Gasteiger partial charge in [0.2, 0.25) is 0 Å². The molecule has 0 saturated carbocycles. The number of nitrogens with one attached hydrogen (secondary N) is 1. The molecule has 0 saturated heterocycles. The number of furan rings is 1. The van der Waals surface area contributed by atoms with Crippen molar-refractivity contribution in [1.82, 2.24) is 10.2 Å². The van der Waals surface area contributed by atoms with Crippen LogP contribution in [0.2, 0.25) is 0 Å². The molecule has 3 nitrogen and oxygen atoms in total. The molecule has 0 fully saturated rings. The highest BCUT2D eigenvalue weighted by molar-refractivity contribution is 6.06. The van der Waals surface area contributed by atoms with Gasteiger partial charge in [0.15, 0.2) is 0 Å². The minimum absolute atomic E-state index is 0.0441. The summed E-state index contributed by atoms with van der Waals surface area (Å²) >= 11 is 0. The number of allylic oxidation sites excluding steroid dienone is 7. The average Bonchev–Trinajstić information content (AvgIpc) is 3.29. The Bertz CT molecular complexity index is 1560. The average molecular weight is 505 g/mol. The van der Waals surface area contributed by atoms with Gasteiger partial charge in [0.25, 0.3) is 0 Å². The van der Waals surface area contributed by atoms with Crippen molar-refractivity contribution in [3.63, 3.8) is 0 Å². The van der Waals surface area contributed by atoms with Crippen LogP contribution in [-0.2, 0) is 5.54 Å². The first kappa shape index (κ1) is 24.9. The fourth-order valence-electron chi connectivity index (χ4n) is 6.68. The molecule has 0 radical (unpaired) electrons. The highest BCUT2D eigenvalue weighted by atomic mass is 16.3. The first-order valence-corrected chi connectivity index (χ1v) is 14.1. The van der Waals surface area contributed by atoms with E-state index in [0.29, 0.717) is 11.8 Å². The Labute approximate surface area is 227 Å². The Morgan fingerprint density at radius 3 is 2.58 bits per heavy atom. The summed E-state index contributed by atoms with van der Waals surface area (Å²) in [5.74, 6) is 1.07. The van der Waals surface area contributed by atoms with E-state index < -0.39 is 0 Å². The largest absolute Gasteiger partial charge is 0.456 e. The van der Waals surface area contributed by atoms with E-state index in [9.17, 15) is 0 Å². The van der Waals surface area contributed by atoms with Gasteiger partial charge in [0.05, 0.1) is 11.6 Å². The van der Waals surface area contributed by atoms with E-state index in [0.717, 1.165) is 24.1 Å². The van der Waals surface area contributed by atoms with E-state index in [1.165, 1.54) is 50.7 Å². The molecule has 1 aromatic heterocycles. The highest BCUT2D eigenvalue weighted by Gasteiger charge is 2.39. The zero-order valence-corrected chi connectivity index (χ0v) is 23.6. The molecule has 3 aromatic rings. The maximum Gasteiger partial charge on any atom is 0.141 e. The van der Waals surface area contributed by atoms with Crippen LogP contribution in [0.3, 0.4) is 0 Å². The third kappa shape index (κ3) is 4.04. The van der Waals surface area contributed by atoms with E-state index in [2.05, 4.69) is 125 Å². The van der Waals surface area contributed by atoms with Gasteiger partial charge in [-0.3, -0.25) is 0 Å². The van der Waals surface area contributed by atoms with Gasteiger partial charge in [-0.1, -0.05) is 67.1 Å². The molecule has 3 unspecified atom stereocenters. The second kappa shape index (κ2) is 9.38. The molecular weight excluding hydrogens is 464 g/mol. The lowest BCUT2D eigenvalue weighted by Gasteiger charge is -2.48. The van der Waals surface area contributed by atoms with Crippen molar-refractivity contribution in [2.45, 2.75) is 66.0 Å². The monoisotopic (exact) mass is 504 g/mol. The number of hydrogen-bond donors (Lipinski definition) is 1. The van der Waals surface area contributed by atoms with Gasteiger partial charge in [-0.05, 0) is 82.2 Å². The summed E-state index contributed by atoms with van der Waals surface area (Å²) in [7, 11) is 0. The molecule has 0 bridgehead atoms. The summed E-state index contributed by atoms with van der Waals surface area (Å²) in [6.07, 6.45) is 16.4. The topological polar surface area (TPSA) is 28.4 Å². The Kier molecular flexibility index (Phi) is 6.13. The van der Waals surface area contributed by atoms with E-state index >= 15 is 0 Å². The number of para-hydroxylation sites is 1. The van der Waals surface area contributed by atoms with E-state index in [1.807, 2.05) is 0 Å². The number of hydrogen-bond acceptors (Lipinski definition) is 3. The zero-order valence-electron chi connectivity index (χ0n) is 23.6. The number of fused-ring (bicyclic) bond motifs is 3. The molecule has 2 aromatic carbocycles. The van der Waals surface area contributed by atoms with E-state index in [-0.39, 0.29) is 11.6 Å². The van der Waals surface area contributed by atoms with Crippen molar-refractivity contribution in [3.05, 3.63) is 107 Å². The molecule has 6 rings (SSSR count). The van der Waals surface area contributed by atoms with Crippen molar-refractivity contribution in [2.75, 3.05) is 6.54 Å². The lowest BCUT2D eigenvalue weighted by atomic mass is 9.77. The SMILES string of the molecule is CC1=CC=C(C2CCC=CC2C)N(C(C)(C)c2ccc3c(oc4ccccc43)c2C2C=C(C)C(C)=CN2)C1. The summed E-state index contributed by atoms with van der Waals surface area (Å²) in [4.78, 5) is 2.68. The normalized spacial score (nSPS) is 24.2. The van der Waals surface area contributed by atoms with Crippen LogP contribution >= 0.6 is 0 Å². The zero-order chi connectivity index (χ0) is 26.6. The molecule has 196 valence electrons. The minimum Gasteiger partial charge on any atom is -0.456 e. The number of benzene rings is 2. The van der Waals surface area contributed by atoms with Crippen LogP contribution in [0.1, 0.15) is 71.6 Å². The Morgan fingerprint density at radius 1 is 0.974 bits per heavy atom. The number of dihydropyridines is 1. The molecule has 3 aliphatic rings. The van der Waals surface area contributed by atoms with Crippen molar-refractivity contribution in [1.29, 1.82) is 0 Å². The van der Waals surface area contributed by atoms with Gasteiger partial charge >= 0.3 is 0 Å². The van der Waals surface area contributed by atoms with Crippen LogP contribution in [0, 0.1) is 11.8 Å². The fourth-order valence-corrected chi connectivity index (χ4v) is 6.68. The fraction of sp³-hybridized carbons (Fsp3) is 0.371. The second-order valence-corrected chi connectivity index (χ2v) is 12.0. The summed E-state index contributed by atoms with van der Waals surface area (Å²) in [6.45, 7) is 14.7. The highest BCUT2D eigenvalue weighted by Crippen LogP contribution is 2.46. The molecule has 3 heterocycles. The van der Waals surface area contributed by atoms with Gasteiger partial charge in [-0.15, -0.1) is 0 Å². The lowest BCUT2D eigenvalue weighted by Crippen LogP contribution is -2.46. The molecule has 38 heavy (non-hydrogen) atoms. The summed E-state index contributed by atoms with van der Waals surface area (Å²) < 4.78 is 6.66. The number of rotatable bonds is 4. The summed E-state index contributed by atoms with van der Waals surface area (Å²) in [6, 6.07) is 13.1. The van der Waals surface area contributed by atoms with Crippen LogP contribution in [-0.4, -0.2) is 11.4 Å². The lowest BCUT2D eigenvalue weighted by molar-refractivity contribution is 0.144. The van der Waals surface area contributed by atoms with Gasteiger partial charge in [0, 0.05) is 40.7 Å². The maximum absolute atomic E-state index is 6.66. The predicted octanol–water partition coefficient (Wildman–Crippen LogP) is 9.06. The Balaban J connectivity index is 1.55. The second-order valence-electron chi connectivity index (χ2n) is 12.0. The summed E-state index contributed by atoms with van der Waals surface area (Å²) in [5.41, 5.74) is 9.71. The third-order valence-corrected chi connectivity index (χ3v) is 9.10.